The van der Waals surface area contributed by atoms with Gasteiger partial charge in [-0.15, -0.1) is 0 Å². The first-order chi connectivity index (χ1) is 9.08. The van der Waals surface area contributed by atoms with E-state index in [2.05, 4.69) is 4.90 Å². The van der Waals surface area contributed by atoms with Crippen LogP contribution < -0.4 is 5.73 Å². The number of halogens is 1. The molecule has 4 heteroatoms. The van der Waals surface area contributed by atoms with Gasteiger partial charge in [-0.3, -0.25) is 4.90 Å². The third kappa shape index (κ3) is 3.66. The molecule has 0 amide bonds. The Morgan fingerprint density at radius 3 is 2.68 bits per heavy atom. The van der Waals surface area contributed by atoms with Crippen LogP contribution in [0, 0.1) is 12.7 Å². The molecule has 2 rings (SSSR count). The molecule has 1 heterocycles. The number of hydrogen-bond donors (Lipinski definition) is 1. The largest absolute Gasteiger partial charge is 0.463 e. The number of hydrogen-bond acceptors (Lipinski definition) is 3. The van der Waals surface area contributed by atoms with Crippen LogP contribution in [0.4, 0.5) is 4.39 Å². The third-order valence-electron chi connectivity index (χ3n) is 3.02. The van der Waals surface area contributed by atoms with E-state index >= 15 is 0 Å². The summed E-state index contributed by atoms with van der Waals surface area (Å²) in [4.78, 5) is 2.08. The summed E-state index contributed by atoms with van der Waals surface area (Å²) < 4.78 is 18.8. The van der Waals surface area contributed by atoms with Crippen molar-refractivity contribution in [1.29, 1.82) is 0 Å². The van der Waals surface area contributed by atoms with Gasteiger partial charge >= 0.3 is 0 Å². The Kier molecular flexibility index (Phi) is 4.35. The van der Waals surface area contributed by atoms with Crippen molar-refractivity contribution in [2.24, 2.45) is 5.73 Å². The standard InChI is InChI=1S/C15H19FN2O/c1-11-6-14(19-15(11)8-17)10-18(2)9-12-4-3-5-13(16)7-12/h3-7H,8-10,17H2,1-2H3. The molecule has 0 fully saturated rings. The summed E-state index contributed by atoms with van der Waals surface area (Å²) in [7, 11) is 1.98. The summed E-state index contributed by atoms with van der Waals surface area (Å²) in [5.74, 6) is 1.51. The molecule has 0 atom stereocenters. The Hall–Kier alpha value is -1.65. The SMILES string of the molecule is Cc1cc(CN(C)Cc2cccc(F)c2)oc1CN. The van der Waals surface area contributed by atoms with Gasteiger partial charge in [-0.2, -0.15) is 0 Å². The number of aryl methyl sites for hydroxylation is 1. The Morgan fingerprint density at radius 1 is 1.26 bits per heavy atom. The van der Waals surface area contributed by atoms with Crippen molar-refractivity contribution in [1.82, 2.24) is 4.90 Å². The fourth-order valence-electron chi connectivity index (χ4n) is 2.14. The molecule has 102 valence electrons. The van der Waals surface area contributed by atoms with E-state index in [4.69, 9.17) is 10.2 Å². The van der Waals surface area contributed by atoms with Crippen molar-refractivity contribution in [3.05, 3.63) is 58.8 Å². The first-order valence-electron chi connectivity index (χ1n) is 6.29. The van der Waals surface area contributed by atoms with E-state index in [9.17, 15) is 4.39 Å². The molecule has 0 saturated heterocycles. The van der Waals surface area contributed by atoms with Gasteiger partial charge < -0.3 is 10.2 Å². The average Bonchev–Trinajstić information content (AvgIpc) is 2.69. The minimum Gasteiger partial charge on any atom is -0.463 e. The van der Waals surface area contributed by atoms with E-state index < -0.39 is 0 Å². The summed E-state index contributed by atoms with van der Waals surface area (Å²) in [6.07, 6.45) is 0. The predicted molar refractivity (Wildman–Crippen MR) is 72.9 cm³/mol. The van der Waals surface area contributed by atoms with Crippen molar-refractivity contribution >= 4 is 0 Å². The Labute approximate surface area is 112 Å². The molecule has 0 aliphatic rings. The molecular weight excluding hydrogens is 243 g/mol. The van der Waals surface area contributed by atoms with Crippen LogP contribution in [0.3, 0.4) is 0 Å². The topological polar surface area (TPSA) is 42.4 Å². The van der Waals surface area contributed by atoms with E-state index in [1.165, 1.54) is 6.07 Å². The van der Waals surface area contributed by atoms with Crippen LogP contribution in [0.2, 0.25) is 0 Å². The smallest absolute Gasteiger partial charge is 0.123 e. The van der Waals surface area contributed by atoms with E-state index in [0.717, 1.165) is 22.6 Å². The van der Waals surface area contributed by atoms with E-state index in [1.54, 1.807) is 12.1 Å². The zero-order valence-corrected chi connectivity index (χ0v) is 11.3. The summed E-state index contributed by atoms with van der Waals surface area (Å²) in [6, 6.07) is 8.65. The highest BCUT2D eigenvalue weighted by atomic mass is 19.1. The molecule has 2 aromatic rings. The molecule has 2 N–H and O–H groups in total. The zero-order valence-electron chi connectivity index (χ0n) is 11.3. The van der Waals surface area contributed by atoms with Crippen molar-refractivity contribution in [2.45, 2.75) is 26.6 Å². The lowest BCUT2D eigenvalue weighted by atomic mass is 10.2. The molecular formula is C15H19FN2O. The van der Waals surface area contributed by atoms with Crippen molar-refractivity contribution < 1.29 is 8.81 Å². The van der Waals surface area contributed by atoms with E-state index in [0.29, 0.717) is 19.6 Å². The second kappa shape index (κ2) is 5.99. The zero-order chi connectivity index (χ0) is 13.8. The van der Waals surface area contributed by atoms with E-state index in [1.807, 2.05) is 26.1 Å². The van der Waals surface area contributed by atoms with Gasteiger partial charge in [-0.05, 0) is 43.3 Å². The second-order valence-electron chi connectivity index (χ2n) is 4.83. The summed E-state index contributed by atoms with van der Waals surface area (Å²) in [6.45, 7) is 3.76. The van der Waals surface area contributed by atoms with Gasteiger partial charge in [-0.1, -0.05) is 12.1 Å². The summed E-state index contributed by atoms with van der Waals surface area (Å²) >= 11 is 0. The maximum absolute atomic E-state index is 13.1. The minimum atomic E-state index is -0.204. The highest BCUT2D eigenvalue weighted by Crippen LogP contribution is 2.16. The first kappa shape index (κ1) is 13.8. The lowest BCUT2D eigenvalue weighted by Gasteiger charge is -2.15. The second-order valence-corrected chi connectivity index (χ2v) is 4.83. The van der Waals surface area contributed by atoms with Crippen LogP contribution in [-0.2, 0) is 19.6 Å². The van der Waals surface area contributed by atoms with Gasteiger partial charge in [-0.25, -0.2) is 4.39 Å². The maximum Gasteiger partial charge on any atom is 0.123 e. The summed E-state index contributed by atoms with van der Waals surface area (Å²) in [5, 5.41) is 0. The number of nitrogens with zero attached hydrogens (tertiary/aromatic N) is 1. The van der Waals surface area contributed by atoms with Crippen LogP contribution in [-0.4, -0.2) is 11.9 Å². The molecule has 0 unspecified atom stereocenters. The predicted octanol–water partition coefficient (Wildman–Crippen LogP) is 2.82. The van der Waals surface area contributed by atoms with Crippen LogP contribution >= 0.6 is 0 Å². The number of furan rings is 1. The molecule has 0 bridgehead atoms. The molecule has 19 heavy (non-hydrogen) atoms. The van der Waals surface area contributed by atoms with Gasteiger partial charge in [0, 0.05) is 6.54 Å². The van der Waals surface area contributed by atoms with Crippen LogP contribution in [0.5, 0.6) is 0 Å². The first-order valence-corrected chi connectivity index (χ1v) is 6.29. The third-order valence-corrected chi connectivity index (χ3v) is 3.02. The van der Waals surface area contributed by atoms with Crippen LogP contribution in [0.15, 0.2) is 34.7 Å². The average molecular weight is 262 g/mol. The molecule has 1 aromatic carbocycles. The lowest BCUT2D eigenvalue weighted by molar-refractivity contribution is 0.283. The van der Waals surface area contributed by atoms with Crippen LogP contribution in [0.25, 0.3) is 0 Å². The fraction of sp³-hybridized carbons (Fsp3) is 0.333. The Balaban J connectivity index is 1.98. The van der Waals surface area contributed by atoms with Gasteiger partial charge in [0.05, 0.1) is 13.1 Å². The molecule has 0 spiro atoms. The molecule has 1 aromatic heterocycles. The monoisotopic (exact) mass is 262 g/mol. The van der Waals surface area contributed by atoms with E-state index in [-0.39, 0.29) is 5.82 Å². The quantitative estimate of drug-likeness (QED) is 0.901. The normalized spacial score (nSPS) is 11.2. The highest BCUT2D eigenvalue weighted by molar-refractivity contribution is 5.20. The fourth-order valence-corrected chi connectivity index (χ4v) is 2.14. The van der Waals surface area contributed by atoms with Crippen molar-refractivity contribution in [2.75, 3.05) is 7.05 Å². The number of nitrogens with two attached hydrogens (primary N) is 1. The van der Waals surface area contributed by atoms with Crippen LogP contribution in [0.1, 0.15) is 22.6 Å². The molecule has 3 nitrogen and oxygen atoms in total. The Bertz CT molecular complexity index is 551. The minimum absolute atomic E-state index is 0.204. The Morgan fingerprint density at radius 2 is 2.05 bits per heavy atom. The molecule has 0 radical (unpaired) electrons. The van der Waals surface area contributed by atoms with Gasteiger partial charge in [0.2, 0.25) is 0 Å². The van der Waals surface area contributed by atoms with Crippen molar-refractivity contribution in [3.8, 4) is 0 Å². The number of benzene rings is 1. The maximum atomic E-state index is 13.1. The molecule has 0 saturated carbocycles. The lowest BCUT2D eigenvalue weighted by Crippen LogP contribution is -2.16. The molecule has 0 aliphatic heterocycles. The number of rotatable bonds is 5. The molecule has 0 aliphatic carbocycles. The van der Waals surface area contributed by atoms with Gasteiger partial charge in [0.1, 0.15) is 17.3 Å². The van der Waals surface area contributed by atoms with Gasteiger partial charge in [0.25, 0.3) is 0 Å². The highest BCUT2D eigenvalue weighted by Gasteiger charge is 2.09. The van der Waals surface area contributed by atoms with Crippen molar-refractivity contribution in [3.63, 3.8) is 0 Å². The van der Waals surface area contributed by atoms with Gasteiger partial charge in [0.15, 0.2) is 0 Å². The summed E-state index contributed by atoms with van der Waals surface area (Å²) in [5.41, 5.74) is 7.62.